The van der Waals surface area contributed by atoms with Gasteiger partial charge in [0.15, 0.2) is 0 Å². The van der Waals surface area contributed by atoms with E-state index in [2.05, 4.69) is 4.98 Å². The van der Waals surface area contributed by atoms with Crippen molar-refractivity contribution in [3.8, 4) is 6.07 Å². The third-order valence-electron chi connectivity index (χ3n) is 2.59. The largest absolute Gasteiger partial charge is 0.396 e. The van der Waals surface area contributed by atoms with E-state index in [4.69, 9.17) is 10.4 Å². The summed E-state index contributed by atoms with van der Waals surface area (Å²) in [6, 6.07) is 6.91. The van der Waals surface area contributed by atoms with Crippen LogP contribution >= 0.6 is 0 Å². The quantitative estimate of drug-likeness (QED) is 0.772. The molecule has 82 valence electrons. The topological polar surface area (TPSA) is 77.2 Å². The molecule has 1 fully saturated rings. The summed E-state index contributed by atoms with van der Waals surface area (Å²) in [4.78, 5) is 17.2. The molecule has 1 saturated heterocycles. The van der Waals surface area contributed by atoms with Crippen molar-refractivity contribution in [1.29, 1.82) is 5.26 Å². The SMILES string of the molecule is N#Cc1cccc(N2CC(CO)CC2=O)n1. The van der Waals surface area contributed by atoms with Crippen molar-refractivity contribution in [3.05, 3.63) is 23.9 Å². The van der Waals surface area contributed by atoms with Gasteiger partial charge in [0.25, 0.3) is 0 Å². The molecular formula is C11H11N3O2. The first-order chi connectivity index (χ1) is 7.74. The number of aliphatic hydroxyl groups is 1. The minimum Gasteiger partial charge on any atom is -0.396 e. The molecule has 0 radical (unpaired) electrons. The fourth-order valence-corrected chi connectivity index (χ4v) is 1.76. The molecule has 0 saturated carbocycles. The van der Waals surface area contributed by atoms with Crippen LogP contribution < -0.4 is 4.90 Å². The van der Waals surface area contributed by atoms with E-state index >= 15 is 0 Å². The number of carbonyl (C=O) groups excluding carboxylic acids is 1. The van der Waals surface area contributed by atoms with Crippen molar-refractivity contribution in [2.24, 2.45) is 5.92 Å². The number of aromatic nitrogens is 1. The van der Waals surface area contributed by atoms with Crippen LogP contribution in [0.5, 0.6) is 0 Å². The van der Waals surface area contributed by atoms with Crippen LogP contribution in [-0.2, 0) is 4.79 Å². The molecule has 1 aliphatic heterocycles. The van der Waals surface area contributed by atoms with Crippen LogP contribution in [0, 0.1) is 17.2 Å². The second-order valence-electron chi connectivity index (χ2n) is 3.75. The van der Waals surface area contributed by atoms with Gasteiger partial charge in [0, 0.05) is 25.5 Å². The smallest absolute Gasteiger partial charge is 0.228 e. The number of aliphatic hydroxyl groups excluding tert-OH is 1. The molecule has 0 aliphatic carbocycles. The molecule has 1 aromatic rings. The van der Waals surface area contributed by atoms with Crippen LogP contribution in [0.25, 0.3) is 0 Å². The summed E-state index contributed by atoms with van der Waals surface area (Å²) in [6.45, 7) is 0.470. The number of anilines is 1. The van der Waals surface area contributed by atoms with Gasteiger partial charge in [-0.05, 0) is 12.1 Å². The van der Waals surface area contributed by atoms with Gasteiger partial charge < -0.3 is 5.11 Å². The summed E-state index contributed by atoms with van der Waals surface area (Å²) in [7, 11) is 0. The molecule has 5 nitrogen and oxygen atoms in total. The van der Waals surface area contributed by atoms with Crippen molar-refractivity contribution < 1.29 is 9.90 Å². The van der Waals surface area contributed by atoms with E-state index in [9.17, 15) is 4.79 Å². The lowest BCUT2D eigenvalue weighted by molar-refractivity contribution is -0.117. The predicted octanol–water partition coefficient (Wildman–Crippen LogP) is 0.298. The molecule has 0 bridgehead atoms. The van der Waals surface area contributed by atoms with Crippen molar-refractivity contribution >= 4 is 11.7 Å². The van der Waals surface area contributed by atoms with Crippen molar-refractivity contribution in [1.82, 2.24) is 4.98 Å². The summed E-state index contributed by atoms with van der Waals surface area (Å²) in [5.74, 6) is 0.404. The second kappa shape index (κ2) is 4.29. The summed E-state index contributed by atoms with van der Waals surface area (Å²) in [6.07, 6.45) is 0.342. The summed E-state index contributed by atoms with van der Waals surface area (Å²) in [5.41, 5.74) is 0.290. The summed E-state index contributed by atoms with van der Waals surface area (Å²) in [5, 5.41) is 17.7. The highest BCUT2D eigenvalue weighted by Crippen LogP contribution is 2.23. The number of hydrogen-bond acceptors (Lipinski definition) is 4. The van der Waals surface area contributed by atoms with Gasteiger partial charge in [-0.3, -0.25) is 9.69 Å². The van der Waals surface area contributed by atoms with E-state index in [0.717, 1.165) is 0 Å². The van der Waals surface area contributed by atoms with Crippen molar-refractivity contribution in [2.45, 2.75) is 6.42 Å². The number of amides is 1. The van der Waals surface area contributed by atoms with Gasteiger partial charge in [-0.2, -0.15) is 5.26 Å². The van der Waals surface area contributed by atoms with Gasteiger partial charge in [-0.1, -0.05) is 6.07 Å². The van der Waals surface area contributed by atoms with E-state index < -0.39 is 0 Å². The molecule has 1 atom stereocenters. The number of carbonyl (C=O) groups is 1. The number of rotatable bonds is 2. The van der Waals surface area contributed by atoms with E-state index in [1.54, 1.807) is 18.2 Å². The Hall–Kier alpha value is -1.93. The molecule has 1 N–H and O–H groups in total. The highest BCUT2D eigenvalue weighted by atomic mass is 16.3. The second-order valence-corrected chi connectivity index (χ2v) is 3.75. The molecule has 2 rings (SSSR count). The third kappa shape index (κ3) is 1.88. The Labute approximate surface area is 92.9 Å². The number of nitrogens with zero attached hydrogens (tertiary/aromatic N) is 3. The molecule has 1 unspecified atom stereocenters. The lowest BCUT2D eigenvalue weighted by Gasteiger charge is -2.14. The molecule has 0 aromatic carbocycles. The zero-order chi connectivity index (χ0) is 11.5. The van der Waals surface area contributed by atoms with Crippen LogP contribution in [0.15, 0.2) is 18.2 Å². The zero-order valence-electron chi connectivity index (χ0n) is 8.63. The van der Waals surface area contributed by atoms with Crippen LogP contribution in [0.3, 0.4) is 0 Å². The molecule has 1 amide bonds. The normalized spacial score (nSPS) is 19.9. The van der Waals surface area contributed by atoms with Crippen LogP contribution in [0.4, 0.5) is 5.82 Å². The Morgan fingerprint density at radius 1 is 1.62 bits per heavy atom. The Balaban J connectivity index is 2.25. The molecule has 1 aromatic heterocycles. The van der Waals surface area contributed by atoms with Gasteiger partial charge in [0.05, 0.1) is 0 Å². The Bertz CT molecular complexity index is 453. The Kier molecular flexibility index (Phi) is 2.84. The van der Waals surface area contributed by atoms with E-state index in [1.165, 1.54) is 4.90 Å². The number of hydrogen-bond donors (Lipinski definition) is 1. The van der Waals surface area contributed by atoms with Crippen LogP contribution in [0.1, 0.15) is 12.1 Å². The van der Waals surface area contributed by atoms with Gasteiger partial charge >= 0.3 is 0 Å². The average molecular weight is 217 g/mol. The molecule has 5 heteroatoms. The van der Waals surface area contributed by atoms with Crippen molar-refractivity contribution in [3.63, 3.8) is 0 Å². The first kappa shape index (κ1) is 10.6. The Morgan fingerprint density at radius 2 is 2.44 bits per heavy atom. The maximum absolute atomic E-state index is 11.6. The van der Waals surface area contributed by atoms with Gasteiger partial charge in [-0.25, -0.2) is 4.98 Å². The molecular weight excluding hydrogens is 206 g/mol. The fraction of sp³-hybridized carbons (Fsp3) is 0.364. The van der Waals surface area contributed by atoms with Gasteiger partial charge in [-0.15, -0.1) is 0 Å². The molecule has 16 heavy (non-hydrogen) atoms. The summed E-state index contributed by atoms with van der Waals surface area (Å²) < 4.78 is 0. The standard InChI is InChI=1S/C11H11N3O2/c12-5-9-2-1-3-10(13-9)14-6-8(7-15)4-11(14)16/h1-3,8,15H,4,6-7H2. The molecule has 1 aliphatic rings. The van der Waals surface area contributed by atoms with E-state index in [0.29, 0.717) is 18.8 Å². The summed E-state index contributed by atoms with van der Waals surface area (Å²) >= 11 is 0. The number of nitriles is 1. The average Bonchev–Trinajstić information content (AvgIpc) is 2.71. The van der Waals surface area contributed by atoms with Gasteiger partial charge in [0.2, 0.25) is 5.91 Å². The first-order valence-corrected chi connectivity index (χ1v) is 5.03. The lowest BCUT2D eigenvalue weighted by Crippen LogP contribution is -2.26. The molecule has 2 heterocycles. The highest BCUT2D eigenvalue weighted by molar-refractivity contribution is 5.94. The maximum atomic E-state index is 11.6. The maximum Gasteiger partial charge on any atom is 0.228 e. The third-order valence-corrected chi connectivity index (χ3v) is 2.59. The predicted molar refractivity (Wildman–Crippen MR) is 56.5 cm³/mol. The lowest BCUT2D eigenvalue weighted by atomic mass is 10.1. The zero-order valence-corrected chi connectivity index (χ0v) is 8.63. The molecule has 0 spiro atoms. The van der Waals surface area contributed by atoms with E-state index in [1.807, 2.05) is 6.07 Å². The minimum absolute atomic E-state index is 0.000179. The number of pyridine rings is 1. The van der Waals surface area contributed by atoms with Gasteiger partial charge in [0.1, 0.15) is 17.6 Å². The van der Waals surface area contributed by atoms with Crippen LogP contribution in [-0.4, -0.2) is 29.1 Å². The fourth-order valence-electron chi connectivity index (χ4n) is 1.76. The van der Waals surface area contributed by atoms with Crippen LogP contribution in [0.2, 0.25) is 0 Å². The monoisotopic (exact) mass is 217 g/mol. The van der Waals surface area contributed by atoms with E-state index in [-0.39, 0.29) is 24.1 Å². The highest BCUT2D eigenvalue weighted by Gasteiger charge is 2.30. The minimum atomic E-state index is -0.0540. The van der Waals surface area contributed by atoms with Crippen molar-refractivity contribution in [2.75, 3.05) is 18.1 Å². The first-order valence-electron chi connectivity index (χ1n) is 5.03. The Morgan fingerprint density at radius 3 is 3.06 bits per heavy atom.